The van der Waals surface area contributed by atoms with Gasteiger partial charge in [-0.05, 0) is 72.1 Å². The zero-order valence-corrected chi connectivity index (χ0v) is 22.4. The molecule has 1 aliphatic heterocycles. The molecule has 1 saturated carbocycles. The Morgan fingerprint density at radius 3 is 2.57 bits per heavy atom. The number of benzene rings is 2. The fourth-order valence-electron chi connectivity index (χ4n) is 5.40. The smallest absolute Gasteiger partial charge is 0.244 e. The Morgan fingerprint density at radius 2 is 1.77 bits per heavy atom. The van der Waals surface area contributed by atoms with Crippen LogP contribution in [0, 0.1) is 11.8 Å². The van der Waals surface area contributed by atoms with Gasteiger partial charge in [-0.15, -0.1) is 0 Å². The Bertz CT molecular complexity index is 1150. The molecule has 0 radical (unpaired) electrons. The van der Waals surface area contributed by atoms with Crippen molar-refractivity contribution in [3.63, 3.8) is 0 Å². The number of halogens is 1. The van der Waals surface area contributed by atoms with Crippen LogP contribution in [-0.2, 0) is 4.79 Å². The number of nitrogens with one attached hydrogen (secondary N) is 1. The van der Waals surface area contributed by atoms with Crippen molar-refractivity contribution in [2.75, 3.05) is 44.2 Å². The van der Waals surface area contributed by atoms with Crippen LogP contribution >= 0.6 is 27.5 Å². The summed E-state index contributed by atoms with van der Waals surface area (Å²) in [6.45, 7) is 6.14. The average Bonchev–Trinajstić information content (AvgIpc) is 3.32. The third-order valence-corrected chi connectivity index (χ3v) is 8.77. The van der Waals surface area contributed by atoms with Gasteiger partial charge in [0.1, 0.15) is 5.82 Å². The number of carbonyl (C=O) groups is 1. The highest BCUT2D eigenvalue weighted by molar-refractivity contribution is 9.10. The molecule has 3 aromatic rings. The summed E-state index contributed by atoms with van der Waals surface area (Å²) in [5.74, 6) is 2.38. The quantitative estimate of drug-likeness (QED) is 0.375. The highest BCUT2D eigenvalue weighted by Crippen LogP contribution is 2.32. The molecule has 1 aromatic heterocycles. The first-order chi connectivity index (χ1) is 17.2. The van der Waals surface area contributed by atoms with E-state index in [4.69, 9.17) is 4.37 Å². The van der Waals surface area contributed by atoms with Crippen molar-refractivity contribution in [2.24, 2.45) is 11.8 Å². The number of hydrogen-bond acceptors (Lipinski definition) is 5. The van der Waals surface area contributed by atoms with Gasteiger partial charge in [0.15, 0.2) is 0 Å². The molecule has 0 unspecified atom stereocenters. The Labute approximate surface area is 220 Å². The van der Waals surface area contributed by atoms with Crippen molar-refractivity contribution >= 4 is 55.3 Å². The number of fused-ring (bicyclic) bond motifs is 1. The van der Waals surface area contributed by atoms with Crippen LogP contribution < -0.4 is 10.2 Å². The first-order valence-electron chi connectivity index (χ1n) is 12.7. The molecule has 0 bridgehead atoms. The molecular formula is C28H33BrN4OS. The maximum atomic E-state index is 12.4. The number of carbonyl (C=O) groups excluding carboxylic acids is 1. The molecule has 5 nitrogen and oxygen atoms in total. The second kappa shape index (κ2) is 11.7. The summed E-state index contributed by atoms with van der Waals surface area (Å²) in [4.78, 5) is 17.5. The maximum absolute atomic E-state index is 12.4. The van der Waals surface area contributed by atoms with Crippen molar-refractivity contribution in [1.29, 1.82) is 0 Å². The summed E-state index contributed by atoms with van der Waals surface area (Å²) < 4.78 is 7.06. The molecule has 1 aliphatic carbocycles. The molecule has 2 heterocycles. The second-order valence-electron chi connectivity index (χ2n) is 9.72. The third-order valence-electron chi connectivity index (χ3n) is 7.43. The van der Waals surface area contributed by atoms with Gasteiger partial charge < -0.3 is 10.2 Å². The van der Waals surface area contributed by atoms with E-state index in [0.29, 0.717) is 11.8 Å². The van der Waals surface area contributed by atoms with E-state index in [1.54, 1.807) is 17.6 Å². The number of anilines is 1. The predicted molar refractivity (Wildman–Crippen MR) is 150 cm³/mol. The molecule has 0 spiro atoms. The molecule has 7 heteroatoms. The lowest BCUT2D eigenvalue weighted by molar-refractivity contribution is -0.116. The van der Waals surface area contributed by atoms with E-state index in [9.17, 15) is 4.79 Å². The van der Waals surface area contributed by atoms with Gasteiger partial charge in [-0.25, -0.2) is 0 Å². The van der Waals surface area contributed by atoms with Crippen LogP contribution in [0.4, 0.5) is 5.82 Å². The molecule has 2 aliphatic rings. The largest absolute Gasteiger partial charge is 0.353 e. The van der Waals surface area contributed by atoms with Crippen LogP contribution in [-0.4, -0.2) is 54.4 Å². The van der Waals surface area contributed by atoms with E-state index in [1.807, 2.05) is 30.3 Å². The topological polar surface area (TPSA) is 48.5 Å². The van der Waals surface area contributed by atoms with Gasteiger partial charge in [-0.3, -0.25) is 9.69 Å². The third kappa shape index (κ3) is 6.32. The minimum Gasteiger partial charge on any atom is -0.353 e. The van der Waals surface area contributed by atoms with Gasteiger partial charge in [0.25, 0.3) is 0 Å². The van der Waals surface area contributed by atoms with Gasteiger partial charge in [-0.1, -0.05) is 53.0 Å². The number of hydrogen-bond donors (Lipinski definition) is 1. The Balaban J connectivity index is 1.10. The molecule has 2 fully saturated rings. The highest BCUT2D eigenvalue weighted by atomic mass is 79.9. The summed E-state index contributed by atoms with van der Waals surface area (Å²) >= 11 is 5.05. The molecule has 1 N–H and O–H groups in total. The maximum Gasteiger partial charge on any atom is 0.244 e. The van der Waals surface area contributed by atoms with Crippen LogP contribution in [0.25, 0.3) is 16.2 Å². The number of nitrogens with zero attached hydrogens (tertiary/aromatic N) is 3. The molecule has 1 amide bonds. The zero-order valence-electron chi connectivity index (χ0n) is 20.0. The Hall–Kier alpha value is -2.22. The number of aromatic nitrogens is 1. The minimum absolute atomic E-state index is 0.00125. The lowest BCUT2D eigenvalue weighted by Gasteiger charge is -2.40. The first-order valence-corrected chi connectivity index (χ1v) is 14.3. The van der Waals surface area contributed by atoms with Crippen molar-refractivity contribution < 1.29 is 4.79 Å². The van der Waals surface area contributed by atoms with E-state index in [2.05, 4.69) is 55.3 Å². The minimum atomic E-state index is 0.00125. The second-order valence-corrected chi connectivity index (χ2v) is 11.4. The lowest BCUT2D eigenvalue weighted by atomic mass is 9.78. The van der Waals surface area contributed by atoms with Gasteiger partial charge >= 0.3 is 0 Å². The summed E-state index contributed by atoms with van der Waals surface area (Å²) in [6, 6.07) is 16.5. The Kier molecular flexibility index (Phi) is 8.16. The van der Waals surface area contributed by atoms with Gasteiger partial charge in [0, 0.05) is 55.2 Å². The monoisotopic (exact) mass is 552 g/mol. The van der Waals surface area contributed by atoms with E-state index in [0.717, 1.165) is 55.1 Å². The van der Waals surface area contributed by atoms with Crippen LogP contribution in [0.5, 0.6) is 0 Å². The first kappa shape index (κ1) is 24.5. The fourth-order valence-corrected chi connectivity index (χ4v) is 6.46. The summed E-state index contributed by atoms with van der Waals surface area (Å²) in [5, 5.41) is 4.46. The highest BCUT2D eigenvalue weighted by Gasteiger charge is 2.29. The molecule has 2 atom stereocenters. The van der Waals surface area contributed by atoms with Crippen LogP contribution in [0.2, 0.25) is 0 Å². The number of piperazine rings is 1. The van der Waals surface area contributed by atoms with Crippen molar-refractivity contribution in [3.05, 3.63) is 64.6 Å². The van der Waals surface area contributed by atoms with Crippen LogP contribution in [0.3, 0.4) is 0 Å². The number of amides is 1. The van der Waals surface area contributed by atoms with E-state index in [1.165, 1.54) is 35.8 Å². The molecular weight excluding hydrogens is 520 g/mol. The lowest BCUT2D eigenvalue weighted by Crippen LogP contribution is -2.49. The summed E-state index contributed by atoms with van der Waals surface area (Å²) in [7, 11) is 0. The van der Waals surface area contributed by atoms with Crippen LogP contribution in [0.1, 0.15) is 31.2 Å². The molecule has 35 heavy (non-hydrogen) atoms. The van der Waals surface area contributed by atoms with Gasteiger partial charge in [0.05, 0.1) is 4.70 Å². The van der Waals surface area contributed by atoms with E-state index in [-0.39, 0.29) is 5.91 Å². The van der Waals surface area contributed by atoms with Gasteiger partial charge in [0.2, 0.25) is 5.91 Å². The zero-order chi connectivity index (χ0) is 24.0. The number of rotatable bonds is 7. The van der Waals surface area contributed by atoms with Gasteiger partial charge in [-0.2, -0.15) is 4.37 Å². The molecule has 184 valence electrons. The summed E-state index contributed by atoms with van der Waals surface area (Å²) in [5.41, 5.74) is 1.03. The SMILES string of the molecule is O=C(/C=C/c1ccc(Br)cc1)NC[C@H]1CCCC[C@@H]1CN1CCN(c2nsc3ccccc23)CC1. The molecule has 2 aromatic carbocycles. The standard InChI is InChI=1S/C28H33BrN4OS/c29-24-12-9-21(10-13-24)11-14-27(34)30-19-22-5-1-2-6-23(22)20-32-15-17-33(18-16-32)28-25-7-3-4-8-26(25)35-31-28/h3-4,7-14,22-23H,1-2,5-6,15-20H2,(H,30,34)/b14-11+/t22-,23-/m1/s1. The average molecular weight is 554 g/mol. The normalized spacial score (nSPS) is 21.6. The van der Waals surface area contributed by atoms with E-state index >= 15 is 0 Å². The van der Waals surface area contributed by atoms with Crippen molar-refractivity contribution in [2.45, 2.75) is 25.7 Å². The fraction of sp³-hybridized carbons (Fsp3) is 0.429. The Morgan fingerprint density at radius 1 is 1.03 bits per heavy atom. The van der Waals surface area contributed by atoms with Crippen LogP contribution in [0.15, 0.2) is 59.1 Å². The predicted octanol–water partition coefficient (Wildman–Crippen LogP) is 5.82. The molecule has 1 saturated heterocycles. The van der Waals surface area contributed by atoms with E-state index < -0.39 is 0 Å². The van der Waals surface area contributed by atoms with Crippen molar-refractivity contribution in [1.82, 2.24) is 14.6 Å². The molecule has 5 rings (SSSR count). The van der Waals surface area contributed by atoms with Crippen molar-refractivity contribution in [3.8, 4) is 0 Å². The summed E-state index contributed by atoms with van der Waals surface area (Å²) in [6.07, 6.45) is 8.60.